The van der Waals surface area contributed by atoms with Gasteiger partial charge in [-0.25, -0.2) is 0 Å². The maximum Gasteiger partial charge on any atom is 0.240 e. The number of rotatable bonds is 4. The average Bonchev–Trinajstić information content (AvgIpc) is 2.33. The molecule has 4 nitrogen and oxygen atoms in total. The summed E-state index contributed by atoms with van der Waals surface area (Å²) < 4.78 is 0. The Kier molecular flexibility index (Phi) is 3.73. The maximum absolute atomic E-state index is 11.7. The number of nitrogens with one attached hydrogen (secondary N) is 1. The highest BCUT2D eigenvalue weighted by Gasteiger charge is 2.32. The molecule has 1 unspecified atom stereocenters. The molecule has 1 aliphatic rings. The smallest absolute Gasteiger partial charge is 0.240 e. The van der Waals surface area contributed by atoms with E-state index >= 15 is 0 Å². The number of hydrogen-bond acceptors (Lipinski definition) is 3. The van der Waals surface area contributed by atoms with Gasteiger partial charge in [0, 0.05) is 13.1 Å². The first kappa shape index (κ1) is 12.5. The van der Waals surface area contributed by atoms with E-state index in [0.717, 1.165) is 13.1 Å². The summed E-state index contributed by atoms with van der Waals surface area (Å²) in [6, 6.07) is -0.0137. The lowest BCUT2D eigenvalue weighted by Crippen LogP contribution is -2.41. The van der Waals surface area contributed by atoms with Crippen LogP contribution in [0.4, 0.5) is 0 Å². The molecule has 0 radical (unpaired) electrons. The Balaban J connectivity index is 2.50. The van der Waals surface area contributed by atoms with Crippen molar-refractivity contribution in [3.05, 3.63) is 0 Å². The summed E-state index contributed by atoms with van der Waals surface area (Å²) in [5, 5.41) is 3.16. The van der Waals surface area contributed by atoms with Crippen LogP contribution in [0.2, 0.25) is 0 Å². The van der Waals surface area contributed by atoms with E-state index in [1.807, 2.05) is 11.8 Å². The predicted molar refractivity (Wildman–Crippen MR) is 61.5 cm³/mol. The minimum absolute atomic E-state index is 0.0137. The highest BCUT2D eigenvalue weighted by molar-refractivity contribution is 5.83. The fourth-order valence-corrected chi connectivity index (χ4v) is 2.24. The molecule has 0 aromatic rings. The molecule has 1 atom stereocenters. The van der Waals surface area contributed by atoms with E-state index in [2.05, 4.69) is 38.2 Å². The van der Waals surface area contributed by atoms with Crippen LogP contribution in [0.25, 0.3) is 0 Å². The second-order valence-electron chi connectivity index (χ2n) is 5.52. The van der Waals surface area contributed by atoms with E-state index in [4.69, 9.17) is 0 Å². The monoisotopic (exact) mass is 213 g/mol. The molecule has 0 aromatic heterocycles. The lowest BCUT2D eigenvalue weighted by molar-refractivity contribution is -0.129. The third kappa shape index (κ3) is 3.47. The molecular formula is C11H23N3O. The first-order chi connectivity index (χ1) is 6.82. The van der Waals surface area contributed by atoms with Crippen LogP contribution in [-0.4, -0.2) is 55.6 Å². The summed E-state index contributed by atoms with van der Waals surface area (Å²) in [4.78, 5) is 15.8. The van der Waals surface area contributed by atoms with Crippen molar-refractivity contribution in [2.75, 3.05) is 33.9 Å². The van der Waals surface area contributed by atoms with Gasteiger partial charge in [0.15, 0.2) is 0 Å². The highest BCUT2D eigenvalue weighted by atomic mass is 16.2. The minimum Gasteiger partial charge on any atom is -0.328 e. The Bertz CT molecular complexity index is 238. The van der Waals surface area contributed by atoms with Gasteiger partial charge >= 0.3 is 0 Å². The third-order valence-electron chi connectivity index (χ3n) is 2.63. The van der Waals surface area contributed by atoms with E-state index in [1.165, 1.54) is 0 Å². The van der Waals surface area contributed by atoms with Gasteiger partial charge in [0.25, 0.3) is 0 Å². The molecule has 0 spiro atoms. The zero-order chi connectivity index (χ0) is 11.6. The van der Waals surface area contributed by atoms with Gasteiger partial charge in [0.1, 0.15) is 0 Å². The number of nitrogens with zero attached hydrogens (tertiary/aromatic N) is 2. The molecule has 0 saturated carbocycles. The maximum atomic E-state index is 11.7. The van der Waals surface area contributed by atoms with Crippen LogP contribution in [0.5, 0.6) is 0 Å². The van der Waals surface area contributed by atoms with Crippen LogP contribution >= 0.6 is 0 Å². The molecule has 1 amide bonds. The molecular weight excluding hydrogens is 190 g/mol. The molecule has 0 bridgehead atoms. The molecule has 1 aliphatic heterocycles. The van der Waals surface area contributed by atoms with Gasteiger partial charge in [-0.3, -0.25) is 10.1 Å². The number of carbonyl (C=O) groups is 1. The number of hydrogen-bond donors (Lipinski definition) is 1. The van der Waals surface area contributed by atoms with Crippen molar-refractivity contribution >= 4 is 5.91 Å². The van der Waals surface area contributed by atoms with Crippen molar-refractivity contribution in [2.24, 2.45) is 5.41 Å². The first-order valence-electron chi connectivity index (χ1n) is 5.49. The van der Waals surface area contributed by atoms with E-state index in [-0.39, 0.29) is 17.4 Å². The molecule has 1 fully saturated rings. The fourth-order valence-electron chi connectivity index (χ4n) is 2.24. The van der Waals surface area contributed by atoms with Gasteiger partial charge in [-0.15, -0.1) is 0 Å². The zero-order valence-corrected chi connectivity index (χ0v) is 10.5. The normalized spacial score (nSPS) is 22.9. The van der Waals surface area contributed by atoms with Gasteiger partial charge in [0.2, 0.25) is 5.91 Å². The van der Waals surface area contributed by atoms with E-state index in [0.29, 0.717) is 6.67 Å². The summed E-state index contributed by atoms with van der Waals surface area (Å²) in [5.74, 6) is 0.224. The van der Waals surface area contributed by atoms with Crippen molar-refractivity contribution in [1.29, 1.82) is 0 Å². The number of carbonyl (C=O) groups excluding carboxylic acids is 1. The fraction of sp³-hybridized carbons (Fsp3) is 0.909. The zero-order valence-electron chi connectivity index (χ0n) is 10.5. The van der Waals surface area contributed by atoms with Gasteiger partial charge in [-0.2, -0.15) is 0 Å². The quantitative estimate of drug-likeness (QED) is 0.732. The molecule has 88 valence electrons. The first-order valence-corrected chi connectivity index (χ1v) is 5.49. The molecule has 1 rings (SSSR count). The topological polar surface area (TPSA) is 35.6 Å². The third-order valence-corrected chi connectivity index (χ3v) is 2.63. The molecule has 1 saturated heterocycles. The van der Waals surface area contributed by atoms with Crippen molar-refractivity contribution in [3.8, 4) is 0 Å². The minimum atomic E-state index is -0.0137. The summed E-state index contributed by atoms with van der Waals surface area (Å²) in [6.45, 7) is 8.82. The predicted octanol–water partition coefficient (Wildman–Crippen LogP) is 0.352. The van der Waals surface area contributed by atoms with E-state index in [9.17, 15) is 4.79 Å². The van der Waals surface area contributed by atoms with E-state index in [1.54, 1.807) is 0 Å². The Morgan fingerprint density at radius 2 is 2.13 bits per heavy atom. The Hall–Kier alpha value is -0.610. The van der Waals surface area contributed by atoms with Crippen molar-refractivity contribution in [2.45, 2.75) is 26.8 Å². The summed E-state index contributed by atoms with van der Waals surface area (Å²) in [5.41, 5.74) is 0.144. The van der Waals surface area contributed by atoms with Gasteiger partial charge in [-0.1, -0.05) is 13.8 Å². The summed E-state index contributed by atoms with van der Waals surface area (Å²) >= 11 is 0. The second-order valence-corrected chi connectivity index (χ2v) is 5.52. The summed E-state index contributed by atoms with van der Waals surface area (Å²) in [7, 11) is 4.13. The SMILES string of the molecule is CC1NCN(CC(C)(C)CN(C)C)C1=O. The van der Waals surface area contributed by atoms with Gasteiger partial charge < -0.3 is 9.80 Å². The van der Waals surface area contributed by atoms with Crippen LogP contribution in [-0.2, 0) is 4.79 Å². The van der Waals surface area contributed by atoms with Crippen LogP contribution in [0.15, 0.2) is 0 Å². The van der Waals surface area contributed by atoms with Crippen LogP contribution in [0, 0.1) is 5.41 Å². The largest absolute Gasteiger partial charge is 0.328 e. The molecule has 15 heavy (non-hydrogen) atoms. The van der Waals surface area contributed by atoms with E-state index < -0.39 is 0 Å². The van der Waals surface area contributed by atoms with Crippen LogP contribution in [0.1, 0.15) is 20.8 Å². The Morgan fingerprint density at radius 3 is 2.53 bits per heavy atom. The number of amides is 1. The molecule has 4 heteroatoms. The second kappa shape index (κ2) is 4.49. The molecule has 1 N–H and O–H groups in total. The van der Waals surface area contributed by atoms with Crippen LogP contribution < -0.4 is 5.32 Å². The van der Waals surface area contributed by atoms with Crippen molar-refractivity contribution < 1.29 is 4.79 Å². The Labute approximate surface area is 92.6 Å². The highest BCUT2D eigenvalue weighted by Crippen LogP contribution is 2.19. The van der Waals surface area contributed by atoms with Gasteiger partial charge in [-0.05, 0) is 26.4 Å². The Morgan fingerprint density at radius 1 is 1.53 bits per heavy atom. The molecule has 0 aromatic carbocycles. The lowest BCUT2D eigenvalue weighted by atomic mass is 9.92. The van der Waals surface area contributed by atoms with Crippen molar-refractivity contribution in [3.63, 3.8) is 0 Å². The molecule has 1 heterocycles. The van der Waals surface area contributed by atoms with Crippen LogP contribution in [0.3, 0.4) is 0 Å². The summed E-state index contributed by atoms with van der Waals surface area (Å²) in [6.07, 6.45) is 0. The standard InChI is InChI=1S/C11H23N3O/c1-9-10(15)14(8-12-9)7-11(2,3)6-13(4)5/h9,12H,6-8H2,1-5H3. The average molecular weight is 213 g/mol. The van der Waals surface area contributed by atoms with Crippen molar-refractivity contribution in [1.82, 2.24) is 15.1 Å². The molecule has 0 aliphatic carbocycles. The van der Waals surface area contributed by atoms with Gasteiger partial charge in [0.05, 0.1) is 12.7 Å². The lowest BCUT2D eigenvalue weighted by Gasteiger charge is -2.32.